The van der Waals surface area contributed by atoms with Crippen LogP contribution in [0, 0.1) is 5.92 Å². The van der Waals surface area contributed by atoms with Gasteiger partial charge in [0.1, 0.15) is 0 Å². The summed E-state index contributed by atoms with van der Waals surface area (Å²) >= 11 is 0. The molecular weight excluding hydrogens is 206 g/mol. The van der Waals surface area contributed by atoms with Gasteiger partial charge in [-0.25, -0.2) is 0 Å². The van der Waals surface area contributed by atoms with Crippen molar-refractivity contribution in [2.24, 2.45) is 5.92 Å². The number of esters is 1. The fourth-order valence-corrected chi connectivity index (χ4v) is 1.80. The molecule has 0 heterocycles. The lowest BCUT2D eigenvalue weighted by molar-refractivity contribution is -0.148. The third kappa shape index (κ3) is 3.51. The van der Waals surface area contributed by atoms with Gasteiger partial charge in [-0.2, -0.15) is 0 Å². The Morgan fingerprint density at radius 3 is 2.50 bits per heavy atom. The highest BCUT2D eigenvalue weighted by molar-refractivity contribution is 5.83. The van der Waals surface area contributed by atoms with Crippen molar-refractivity contribution in [1.82, 2.24) is 4.90 Å². The molecule has 1 fully saturated rings. The normalized spacial score (nSPS) is 16.7. The molecule has 0 bridgehead atoms. The van der Waals surface area contributed by atoms with Crippen molar-refractivity contribution < 1.29 is 14.3 Å². The molecule has 1 aliphatic carbocycles. The number of hydrogen-bond donors (Lipinski definition) is 0. The number of amides is 1. The molecular formula is C12H21NO3. The summed E-state index contributed by atoms with van der Waals surface area (Å²) in [6.07, 6.45) is 3.45. The lowest BCUT2D eigenvalue weighted by Crippen LogP contribution is -2.35. The molecule has 0 aromatic heterocycles. The summed E-state index contributed by atoms with van der Waals surface area (Å²) in [5, 5.41) is 0. The number of methoxy groups -OCH3 is 1. The Kier molecular flexibility index (Phi) is 4.77. The Hall–Kier alpha value is -1.06. The minimum absolute atomic E-state index is 0.0854. The highest BCUT2D eigenvalue weighted by Crippen LogP contribution is 2.28. The van der Waals surface area contributed by atoms with Crippen LogP contribution in [0.25, 0.3) is 0 Å². The van der Waals surface area contributed by atoms with Gasteiger partial charge in [-0.1, -0.05) is 13.8 Å². The van der Waals surface area contributed by atoms with E-state index in [1.165, 1.54) is 7.11 Å². The fraction of sp³-hybridized carbons (Fsp3) is 0.833. The average molecular weight is 227 g/mol. The molecule has 1 atom stereocenters. The van der Waals surface area contributed by atoms with Crippen molar-refractivity contribution in [3.8, 4) is 0 Å². The average Bonchev–Trinajstić information content (AvgIpc) is 3.08. The number of ether oxygens (including phenoxy) is 1. The van der Waals surface area contributed by atoms with Crippen LogP contribution in [0.5, 0.6) is 0 Å². The maximum absolute atomic E-state index is 12.0. The smallest absolute Gasteiger partial charge is 0.308 e. The van der Waals surface area contributed by atoms with Crippen LogP contribution in [-0.2, 0) is 14.3 Å². The maximum Gasteiger partial charge on any atom is 0.308 e. The Morgan fingerprint density at radius 1 is 1.44 bits per heavy atom. The van der Waals surface area contributed by atoms with Gasteiger partial charge in [0.05, 0.1) is 13.0 Å². The summed E-state index contributed by atoms with van der Waals surface area (Å²) in [7, 11) is 1.36. The van der Waals surface area contributed by atoms with E-state index >= 15 is 0 Å². The summed E-state index contributed by atoms with van der Waals surface area (Å²) in [4.78, 5) is 25.1. The van der Waals surface area contributed by atoms with Crippen LogP contribution in [0.1, 0.15) is 39.5 Å². The van der Waals surface area contributed by atoms with Crippen LogP contribution in [-0.4, -0.2) is 36.5 Å². The first-order chi connectivity index (χ1) is 7.60. The first-order valence-corrected chi connectivity index (χ1v) is 5.97. The molecule has 16 heavy (non-hydrogen) atoms. The molecule has 1 rings (SSSR count). The van der Waals surface area contributed by atoms with E-state index in [1.807, 2.05) is 4.90 Å². The first-order valence-electron chi connectivity index (χ1n) is 5.97. The number of carbonyl (C=O) groups is 2. The maximum atomic E-state index is 12.0. The van der Waals surface area contributed by atoms with Crippen molar-refractivity contribution in [2.45, 2.75) is 45.6 Å². The molecule has 1 unspecified atom stereocenters. The zero-order valence-electron chi connectivity index (χ0n) is 10.4. The zero-order chi connectivity index (χ0) is 12.1. The van der Waals surface area contributed by atoms with Crippen molar-refractivity contribution in [3.05, 3.63) is 0 Å². The van der Waals surface area contributed by atoms with Crippen molar-refractivity contribution in [2.75, 3.05) is 13.7 Å². The zero-order valence-corrected chi connectivity index (χ0v) is 10.4. The minimum atomic E-state index is -0.337. The molecule has 0 aliphatic heterocycles. The van der Waals surface area contributed by atoms with E-state index < -0.39 is 0 Å². The summed E-state index contributed by atoms with van der Waals surface area (Å²) in [5.74, 6) is -0.557. The van der Waals surface area contributed by atoms with Crippen LogP contribution < -0.4 is 0 Å². The van der Waals surface area contributed by atoms with Gasteiger partial charge in [-0.3, -0.25) is 9.59 Å². The Balaban J connectivity index is 2.45. The third-order valence-electron chi connectivity index (χ3n) is 2.86. The number of hydrogen-bond acceptors (Lipinski definition) is 3. The standard InChI is InChI=1S/C12H21NO3/c1-4-7-13(10-5-6-10)11(14)8-9(2)12(15)16-3/h9-10H,4-8H2,1-3H3. The van der Waals surface area contributed by atoms with Gasteiger partial charge in [-0.15, -0.1) is 0 Å². The van der Waals surface area contributed by atoms with Crippen LogP contribution >= 0.6 is 0 Å². The lowest BCUT2D eigenvalue weighted by atomic mass is 10.1. The number of rotatable bonds is 6. The Labute approximate surface area is 96.9 Å². The largest absolute Gasteiger partial charge is 0.469 e. The molecule has 92 valence electrons. The molecule has 0 aromatic rings. The minimum Gasteiger partial charge on any atom is -0.469 e. The molecule has 4 heteroatoms. The second-order valence-electron chi connectivity index (χ2n) is 4.45. The van der Waals surface area contributed by atoms with Gasteiger partial charge in [0.2, 0.25) is 5.91 Å². The van der Waals surface area contributed by atoms with Gasteiger partial charge in [0.25, 0.3) is 0 Å². The Bertz CT molecular complexity index is 261. The summed E-state index contributed by atoms with van der Waals surface area (Å²) in [6.45, 7) is 4.60. The van der Waals surface area contributed by atoms with E-state index in [0.29, 0.717) is 6.04 Å². The topological polar surface area (TPSA) is 46.6 Å². The predicted octanol–water partition coefficient (Wildman–Crippen LogP) is 1.59. The highest BCUT2D eigenvalue weighted by atomic mass is 16.5. The molecule has 0 saturated heterocycles. The second-order valence-corrected chi connectivity index (χ2v) is 4.45. The number of nitrogens with zero attached hydrogens (tertiary/aromatic N) is 1. The monoisotopic (exact) mass is 227 g/mol. The van der Waals surface area contributed by atoms with Gasteiger partial charge in [0, 0.05) is 19.0 Å². The lowest BCUT2D eigenvalue weighted by Gasteiger charge is -2.22. The van der Waals surface area contributed by atoms with Gasteiger partial charge in [0.15, 0.2) is 0 Å². The summed E-state index contributed by atoms with van der Waals surface area (Å²) in [6, 6.07) is 0.428. The summed E-state index contributed by atoms with van der Waals surface area (Å²) < 4.78 is 4.62. The molecule has 0 radical (unpaired) electrons. The van der Waals surface area contributed by atoms with Gasteiger partial charge >= 0.3 is 5.97 Å². The predicted molar refractivity (Wildman–Crippen MR) is 60.8 cm³/mol. The molecule has 0 N–H and O–H groups in total. The van der Waals surface area contributed by atoms with Crippen LogP contribution in [0.4, 0.5) is 0 Å². The van der Waals surface area contributed by atoms with Crippen molar-refractivity contribution >= 4 is 11.9 Å². The molecule has 0 aromatic carbocycles. The van der Waals surface area contributed by atoms with Crippen LogP contribution in [0.15, 0.2) is 0 Å². The third-order valence-corrected chi connectivity index (χ3v) is 2.86. The molecule has 1 saturated carbocycles. The quantitative estimate of drug-likeness (QED) is 0.647. The summed E-state index contributed by atoms with van der Waals surface area (Å²) in [5.41, 5.74) is 0. The highest BCUT2D eigenvalue weighted by Gasteiger charge is 2.33. The van der Waals surface area contributed by atoms with E-state index in [9.17, 15) is 9.59 Å². The molecule has 1 aliphatic rings. The van der Waals surface area contributed by atoms with E-state index in [0.717, 1.165) is 25.8 Å². The van der Waals surface area contributed by atoms with E-state index in [2.05, 4.69) is 11.7 Å². The molecule has 4 nitrogen and oxygen atoms in total. The van der Waals surface area contributed by atoms with E-state index in [4.69, 9.17) is 0 Å². The van der Waals surface area contributed by atoms with Gasteiger partial charge in [-0.05, 0) is 19.3 Å². The molecule has 0 spiro atoms. The van der Waals surface area contributed by atoms with Gasteiger partial charge < -0.3 is 9.64 Å². The second kappa shape index (κ2) is 5.87. The van der Waals surface area contributed by atoms with E-state index in [1.54, 1.807) is 6.92 Å². The van der Waals surface area contributed by atoms with Crippen LogP contribution in [0.3, 0.4) is 0 Å². The van der Waals surface area contributed by atoms with Crippen LogP contribution in [0.2, 0.25) is 0 Å². The van der Waals surface area contributed by atoms with E-state index in [-0.39, 0.29) is 24.2 Å². The number of carbonyl (C=O) groups excluding carboxylic acids is 2. The van der Waals surface area contributed by atoms with Crippen molar-refractivity contribution in [3.63, 3.8) is 0 Å². The SMILES string of the molecule is CCCN(C(=O)CC(C)C(=O)OC)C1CC1. The van der Waals surface area contributed by atoms with Crippen molar-refractivity contribution in [1.29, 1.82) is 0 Å². The molecule has 1 amide bonds. The first kappa shape index (κ1) is 13.0. The Morgan fingerprint density at radius 2 is 2.06 bits per heavy atom. The fourth-order valence-electron chi connectivity index (χ4n) is 1.80.